The minimum absolute atomic E-state index is 0.0270. The predicted molar refractivity (Wildman–Crippen MR) is 220 cm³/mol. The summed E-state index contributed by atoms with van der Waals surface area (Å²) in [5.41, 5.74) is 10.1. The van der Waals surface area contributed by atoms with Gasteiger partial charge < -0.3 is 0 Å². The zero-order chi connectivity index (χ0) is 34.3. The normalized spacial score (nSPS) is 14.3. The van der Waals surface area contributed by atoms with E-state index < -0.39 is 0 Å². The van der Waals surface area contributed by atoms with E-state index in [1.54, 1.807) is 0 Å². The lowest BCUT2D eigenvalue weighted by Crippen LogP contribution is -2.21. The van der Waals surface area contributed by atoms with E-state index in [0.717, 1.165) is 0 Å². The molecule has 0 unspecified atom stereocenters. The molecule has 0 saturated carbocycles. The summed E-state index contributed by atoms with van der Waals surface area (Å²) in [6.45, 7) is 14.2. The van der Waals surface area contributed by atoms with Crippen molar-refractivity contribution in [1.82, 2.24) is 0 Å². The number of hydrogen-bond acceptors (Lipinski definition) is 0. The van der Waals surface area contributed by atoms with Gasteiger partial charge in [-0.1, -0.05) is 96.1 Å². The average molecular weight is 651 g/mol. The van der Waals surface area contributed by atoms with E-state index in [1.165, 1.54) is 124 Å². The molecule has 11 aromatic rings. The Morgan fingerprint density at radius 3 is 1.57 bits per heavy atom. The predicted octanol–water partition coefficient (Wildman–Crippen LogP) is 11.4. The van der Waals surface area contributed by atoms with Crippen molar-refractivity contribution >= 4 is 115 Å². The summed E-state index contributed by atoms with van der Waals surface area (Å²) >= 11 is 0. The first kappa shape index (κ1) is 28.0. The summed E-state index contributed by atoms with van der Waals surface area (Å²) in [7, 11) is 0. The minimum Gasteiger partial charge on any atom is -0.150 e. The highest BCUT2D eigenvalue weighted by Gasteiger charge is 2.37. The van der Waals surface area contributed by atoms with Crippen LogP contribution in [0.5, 0.6) is 0 Å². The Bertz CT molecular complexity index is 3560. The number of aromatic nitrogens is 1. The van der Waals surface area contributed by atoms with Crippen LogP contribution in [0.3, 0.4) is 0 Å². The van der Waals surface area contributed by atoms with E-state index in [2.05, 4.69) is 161 Å². The van der Waals surface area contributed by atoms with Crippen LogP contribution >= 0.6 is 0 Å². The van der Waals surface area contributed by atoms with Gasteiger partial charge in [0.05, 0.1) is 32.3 Å². The molecule has 0 N–H and O–H groups in total. The Balaban J connectivity index is 1.59. The van der Waals surface area contributed by atoms with E-state index in [4.69, 9.17) is 0 Å². The lowest BCUT2D eigenvalue weighted by molar-refractivity contribution is -0.443. The number of hydrogen-bond donors (Lipinski definition) is 0. The third kappa shape index (κ3) is 3.19. The summed E-state index contributed by atoms with van der Waals surface area (Å²) < 4.78 is 2.73. The summed E-state index contributed by atoms with van der Waals surface area (Å²) in [6.07, 6.45) is 8.70. The smallest absolute Gasteiger partial charge is 0.150 e. The standard InChI is InChI=1S/C50H36N/c1-49(2,3)27-22-34-35-23-28(50(4,5)6)25-38-41-31-18-12-8-11-17-30(31)40-32-19-13-14-20-33-42(32)45(44(40)41)48-43(33)36-21-26-15-9-7-10-16-29(26)39(36)37(24-27)46(34)51(48)47(35)38/h8-25H,1-6H3/q+1. The fourth-order valence-corrected chi connectivity index (χ4v) is 10.1. The highest BCUT2D eigenvalue weighted by molar-refractivity contribution is 6.53. The topological polar surface area (TPSA) is 4.10 Å². The van der Waals surface area contributed by atoms with Crippen LogP contribution in [0.4, 0.5) is 0 Å². The third-order valence-corrected chi connectivity index (χ3v) is 12.3. The molecule has 51 heavy (non-hydrogen) atoms. The molecule has 0 spiro atoms. The molecule has 240 valence electrons. The molecule has 1 nitrogen and oxygen atoms in total. The fraction of sp³-hybridized carbons (Fsp3) is 0.160. The van der Waals surface area contributed by atoms with Crippen LogP contribution in [0.25, 0.3) is 115 Å². The first-order valence-electron chi connectivity index (χ1n) is 18.4. The second kappa shape index (κ2) is 8.75. The van der Waals surface area contributed by atoms with Crippen LogP contribution in [0.1, 0.15) is 52.7 Å². The van der Waals surface area contributed by atoms with Crippen LogP contribution in [-0.2, 0) is 10.8 Å². The SMILES string of the molecule is CC(C)(C)c1cc2c3cc(C(C)(C)C)cc4c5c6cccccc6c6c7ccccc8c7c(c65)c5c8c6cc7c(c6c(c1)c2[n+]5c34)=CC=C=CC=7. The number of benzene rings is 2. The molecule has 0 amide bonds. The van der Waals surface area contributed by atoms with Gasteiger partial charge in [-0.05, 0) is 119 Å². The Kier molecular flexibility index (Phi) is 4.81. The molecular weight excluding hydrogens is 615 g/mol. The van der Waals surface area contributed by atoms with E-state index in [0.29, 0.717) is 0 Å². The highest BCUT2D eigenvalue weighted by atomic mass is 14.9. The summed E-state index contributed by atoms with van der Waals surface area (Å²) in [5.74, 6) is 0. The van der Waals surface area contributed by atoms with E-state index in [1.807, 2.05) is 0 Å². The molecule has 3 aromatic heterocycles. The van der Waals surface area contributed by atoms with Crippen LogP contribution in [0.15, 0.2) is 103 Å². The molecule has 8 aromatic carbocycles. The number of nitrogens with zero attached hydrogens (tertiary/aromatic N) is 1. The van der Waals surface area contributed by atoms with Gasteiger partial charge in [0.25, 0.3) is 0 Å². The molecule has 1 heteroatoms. The van der Waals surface area contributed by atoms with Gasteiger partial charge in [0, 0.05) is 21.5 Å². The number of rotatable bonds is 0. The average Bonchev–Trinajstić information content (AvgIpc) is 3.64. The van der Waals surface area contributed by atoms with Crippen molar-refractivity contribution in [2.75, 3.05) is 0 Å². The van der Waals surface area contributed by atoms with Crippen molar-refractivity contribution in [3.8, 4) is 0 Å². The zero-order valence-electron chi connectivity index (χ0n) is 29.8. The maximum absolute atomic E-state index is 3.36. The van der Waals surface area contributed by atoms with Crippen LogP contribution in [0.2, 0.25) is 0 Å². The maximum Gasteiger partial charge on any atom is 0.228 e. The molecule has 0 aliphatic heterocycles. The first-order chi connectivity index (χ1) is 24.6. The van der Waals surface area contributed by atoms with Gasteiger partial charge in [0.15, 0.2) is 0 Å². The maximum atomic E-state index is 3.36. The largest absolute Gasteiger partial charge is 0.228 e. The van der Waals surface area contributed by atoms with Gasteiger partial charge in [0.2, 0.25) is 16.6 Å². The molecule has 0 radical (unpaired) electrons. The van der Waals surface area contributed by atoms with Gasteiger partial charge in [-0.25, -0.2) is 0 Å². The Labute approximate surface area is 295 Å². The quantitative estimate of drug-likeness (QED) is 0.114. The third-order valence-electron chi connectivity index (χ3n) is 12.3. The molecular formula is C50H36N+. The zero-order valence-corrected chi connectivity index (χ0v) is 29.8. The molecule has 3 heterocycles. The van der Waals surface area contributed by atoms with Crippen molar-refractivity contribution < 1.29 is 4.40 Å². The fourth-order valence-electron chi connectivity index (χ4n) is 10.1. The lowest BCUT2D eigenvalue weighted by Gasteiger charge is -2.20. The monoisotopic (exact) mass is 650 g/mol. The van der Waals surface area contributed by atoms with E-state index in [-0.39, 0.29) is 10.8 Å². The Morgan fingerprint density at radius 2 is 0.922 bits per heavy atom. The van der Waals surface area contributed by atoms with Crippen molar-refractivity contribution in [1.29, 1.82) is 0 Å². The molecule has 0 atom stereocenters. The van der Waals surface area contributed by atoms with Gasteiger partial charge in [0.1, 0.15) is 0 Å². The minimum atomic E-state index is -0.0295. The summed E-state index contributed by atoms with van der Waals surface area (Å²) in [4.78, 5) is 0. The van der Waals surface area contributed by atoms with Crippen molar-refractivity contribution in [3.63, 3.8) is 0 Å². The summed E-state index contributed by atoms with van der Waals surface area (Å²) in [5, 5.41) is 24.4. The first-order valence-corrected chi connectivity index (χ1v) is 18.4. The van der Waals surface area contributed by atoms with Crippen molar-refractivity contribution in [2.45, 2.75) is 52.4 Å². The van der Waals surface area contributed by atoms with Crippen molar-refractivity contribution in [2.24, 2.45) is 0 Å². The Hall–Kier alpha value is -5.75. The molecule has 0 bridgehead atoms. The van der Waals surface area contributed by atoms with Gasteiger partial charge in [-0.3, -0.25) is 0 Å². The van der Waals surface area contributed by atoms with E-state index >= 15 is 0 Å². The van der Waals surface area contributed by atoms with Gasteiger partial charge in [-0.2, -0.15) is 4.40 Å². The highest BCUT2D eigenvalue weighted by Crippen LogP contribution is 2.54. The molecule has 0 saturated heterocycles. The van der Waals surface area contributed by atoms with Crippen LogP contribution in [0, 0.1) is 0 Å². The lowest BCUT2D eigenvalue weighted by atomic mass is 9.83. The Morgan fingerprint density at radius 1 is 0.412 bits per heavy atom. The second-order valence-corrected chi connectivity index (χ2v) is 17.2. The molecule has 1 aliphatic rings. The molecule has 1 aliphatic carbocycles. The van der Waals surface area contributed by atoms with Gasteiger partial charge >= 0.3 is 0 Å². The summed E-state index contributed by atoms with van der Waals surface area (Å²) in [6, 6.07) is 33.3. The molecule has 0 fully saturated rings. The van der Waals surface area contributed by atoms with E-state index in [9.17, 15) is 0 Å². The van der Waals surface area contributed by atoms with Crippen molar-refractivity contribution in [3.05, 3.63) is 124 Å². The second-order valence-electron chi connectivity index (χ2n) is 17.2. The van der Waals surface area contributed by atoms with Gasteiger partial charge in [-0.15, -0.1) is 5.73 Å². The van der Waals surface area contributed by atoms with Crippen LogP contribution < -0.4 is 14.8 Å². The van der Waals surface area contributed by atoms with Crippen LogP contribution in [-0.4, -0.2) is 0 Å². The number of fused-ring (bicyclic) bond motifs is 12. The molecule has 12 rings (SSSR count). The number of allylic oxidation sites excluding steroid dienone is 1.